The zero-order valence-corrected chi connectivity index (χ0v) is 6.55. The van der Waals surface area contributed by atoms with Gasteiger partial charge in [-0.25, -0.2) is 0 Å². The van der Waals surface area contributed by atoms with Crippen molar-refractivity contribution >= 4 is 0 Å². The van der Waals surface area contributed by atoms with E-state index in [1.54, 1.807) is 0 Å². The summed E-state index contributed by atoms with van der Waals surface area (Å²) in [6.07, 6.45) is -14.5. The summed E-state index contributed by atoms with van der Waals surface area (Å²) in [6.45, 7) is -1.51. The number of hydrogen-bond acceptors (Lipinski definition) is 1. The van der Waals surface area contributed by atoms with Crippen LogP contribution in [0.3, 0.4) is 0 Å². The average molecular weight is 226 g/mol. The van der Waals surface area contributed by atoms with Gasteiger partial charge >= 0.3 is 12.4 Å². The Hall–Kier alpha value is -0.530. The maximum absolute atomic E-state index is 12.1. The maximum atomic E-state index is 12.1. The minimum atomic E-state index is -5.20. The lowest BCUT2D eigenvalue weighted by Crippen LogP contribution is -2.39. The summed E-state index contributed by atoms with van der Waals surface area (Å²) in [5, 5.41) is 0. The maximum Gasteiger partial charge on any atom is 0.420 e. The minimum Gasteiger partial charge on any atom is -0.346 e. The Bertz CT molecular complexity index is 219. The zero-order chi connectivity index (χ0) is 11.2. The van der Waals surface area contributed by atoms with Crippen molar-refractivity contribution in [3.63, 3.8) is 0 Å². The molecule has 1 rings (SSSR count). The molecule has 0 aromatic rings. The van der Waals surface area contributed by atoms with Crippen molar-refractivity contribution in [1.29, 1.82) is 0 Å². The van der Waals surface area contributed by atoms with Crippen LogP contribution in [0.15, 0.2) is 0 Å². The first kappa shape index (κ1) is 11.5. The molecule has 0 aromatic carbocycles. The highest BCUT2D eigenvalue weighted by molar-refractivity contribution is 5.11. The van der Waals surface area contributed by atoms with Gasteiger partial charge in [0.05, 0.1) is 6.67 Å². The van der Waals surface area contributed by atoms with Crippen molar-refractivity contribution < 1.29 is 35.5 Å². The number of ether oxygens (including phenoxy) is 1. The summed E-state index contributed by atoms with van der Waals surface area (Å²) in [5.74, 6) is 0. The van der Waals surface area contributed by atoms with Crippen molar-refractivity contribution in [1.82, 2.24) is 0 Å². The average Bonchev–Trinajstić information content (AvgIpc) is 2.61. The van der Waals surface area contributed by atoms with Gasteiger partial charge in [-0.05, 0) is 0 Å². The molecule has 1 fully saturated rings. The molecule has 8 heteroatoms. The van der Waals surface area contributed by atoms with Crippen LogP contribution < -0.4 is 0 Å². The predicted molar refractivity (Wildman–Crippen MR) is 30.3 cm³/mol. The summed E-state index contributed by atoms with van der Waals surface area (Å²) in [4.78, 5) is 0. The van der Waals surface area contributed by atoms with E-state index in [-0.39, 0.29) is 0 Å². The summed E-state index contributed by atoms with van der Waals surface area (Å²) in [7, 11) is 0. The van der Waals surface area contributed by atoms with Crippen molar-refractivity contribution in [3.05, 3.63) is 0 Å². The van der Waals surface area contributed by atoms with E-state index in [0.717, 1.165) is 0 Å². The molecule has 2 atom stereocenters. The van der Waals surface area contributed by atoms with Crippen LogP contribution in [0.5, 0.6) is 0 Å². The Balaban J connectivity index is 2.82. The van der Waals surface area contributed by atoms with Gasteiger partial charge in [-0.2, -0.15) is 26.3 Å². The molecule has 1 saturated heterocycles. The number of halogens is 7. The van der Waals surface area contributed by atoms with Gasteiger partial charge in [-0.3, -0.25) is 4.39 Å². The van der Waals surface area contributed by atoms with Crippen molar-refractivity contribution in [2.45, 2.75) is 30.5 Å². The van der Waals surface area contributed by atoms with E-state index in [0.29, 0.717) is 0 Å². The molecule has 84 valence electrons. The highest BCUT2D eigenvalue weighted by Gasteiger charge is 2.80. The highest BCUT2D eigenvalue weighted by Crippen LogP contribution is 2.57. The van der Waals surface area contributed by atoms with Gasteiger partial charge in [0.25, 0.3) is 0 Å². The second-order valence-corrected chi connectivity index (χ2v) is 2.87. The normalized spacial score (nSPS) is 33.2. The number of hydrogen-bond donors (Lipinski definition) is 0. The van der Waals surface area contributed by atoms with Gasteiger partial charge in [0.1, 0.15) is 0 Å². The third-order valence-electron chi connectivity index (χ3n) is 1.94. The third kappa shape index (κ3) is 1.67. The van der Waals surface area contributed by atoms with Crippen LogP contribution in [0.25, 0.3) is 0 Å². The third-order valence-corrected chi connectivity index (χ3v) is 1.94. The van der Waals surface area contributed by atoms with Crippen LogP contribution in [-0.2, 0) is 4.74 Å². The van der Waals surface area contributed by atoms with E-state index in [2.05, 4.69) is 4.74 Å². The summed E-state index contributed by atoms with van der Waals surface area (Å²) in [6, 6.07) is 0. The highest BCUT2D eigenvalue weighted by atomic mass is 19.4. The molecule has 0 bridgehead atoms. The lowest BCUT2D eigenvalue weighted by atomic mass is 10.0. The topological polar surface area (TPSA) is 12.5 Å². The van der Waals surface area contributed by atoms with Gasteiger partial charge in [-0.1, -0.05) is 0 Å². The molecule has 1 heterocycles. The fourth-order valence-corrected chi connectivity index (χ4v) is 1.20. The Morgan fingerprint density at radius 2 is 1.57 bits per heavy atom. The molecule has 1 aliphatic heterocycles. The van der Waals surface area contributed by atoms with Crippen LogP contribution in [0.4, 0.5) is 30.7 Å². The molecule has 0 radical (unpaired) electrons. The lowest BCUT2D eigenvalue weighted by molar-refractivity contribution is -0.193. The smallest absolute Gasteiger partial charge is 0.346 e. The monoisotopic (exact) mass is 226 g/mol. The molecule has 0 spiro atoms. The van der Waals surface area contributed by atoms with Gasteiger partial charge in [0.15, 0.2) is 6.10 Å². The second-order valence-electron chi connectivity index (χ2n) is 2.87. The molecule has 0 amide bonds. The van der Waals surface area contributed by atoms with Crippen molar-refractivity contribution in [2.24, 2.45) is 0 Å². The van der Waals surface area contributed by atoms with Crippen molar-refractivity contribution in [3.8, 4) is 0 Å². The molecule has 2 unspecified atom stereocenters. The van der Waals surface area contributed by atoms with E-state index >= 15 is 0 Å². The number of rotatable bonds is 2. The van der Waals surface area contributed by atoms with Gasteiger partial charge in [-0.15, -0.1) is 0 Å². The molecule has 1 aliphatic rings. The molecule has 0 saturated carbocycles. The summed E-state index contributed by atoms with van der Waals surface area (Å²) >= 11 is 0. The molecule has 0 aliphatic carbocycles. The van der Waals surface area contributed by atoms with Crippen LogP contribution in [0, 0.1) is 0 Å². The van der Waals surface area contributed by atoms with Gasteiger partial charge in [0.2, 0.25) is 5.60 Å². The van der Waals surface area contributed by atoms with Gasteiger partial charge < -0.3 is 4.74 Å². The number of epoxide rings is 1. The Labute approximate surface area is 73.8 Å². The lowest BCUT2D eigenvalue weighted by Gasteiger charge is -2.15. The molecule has 0 aromatic heterocycles. The van der Waals surface area contributed by atoms with Crippen LogP contribution in [0.2, 0.25) is 0 Å². The quantitative estimate of drug-likeness (QED) is 0.520. The zero-order valence-electron chi connectivity index (χ0n) is 6.55. The Morgan fingerprint density at radius 1 is 1.07 bits per heavy atom. The first-order chi connectivity index (χ1) is 6.15. The Morgan fingerprint density at radius 3 is 1.79 bits per heavy atom. The summed E-state index contributed by atoms with van der Waals surface area (Å²) < 4.78 is 87.0. The minimum absolute atomic E-state index is 1.32. The fraction of sp³-hybridized carbons (Fsp3) is 1.00. The molecular formula is C6H5F7O. The van der Waals surface area contributed by atoms with E-state index in [9.17, 15) is 30.7 Å². The molecule has 0 N–H and O–H groups in total. The molecule has 1 nitrogen and oxygen atoms in total. The van der Waals surface area contributed by atoms with E-state index < -0.39 is 37.2 Å². The van der Waals surface area contributed by atoms with E-state index in [1.807, 2.05) is 0 Å². The predicted octanol–water partition coefficient (Wildman–Crippen LogP) is 2.61. The molecular weight excluding hydrogens is 221 g/mol. The largest absolute Gasteiger partial charge is 0.420 e. The van der Waals surface area contributed by atoms with E-state index in [1.165, 1.54) is 0 Å². The number of alkyl halides is 7. The van der Waals surface area contributed by atoms with Gasteiger partial charge in [0, 0.05) is 6.42 Å². The standard InChI is InChI=1S/C6H5F7O/c7-2-1-4(6(11,12)13)3(14-4)5(8,9)10/h3H,1-2H2. The summed E-state index contributed by atoms with van der Waals surface area (Å²) in [5.41, 5.74) is -3.36. The van der Waals surface area contributed by atoms with E-state index in [4.69, 9.17) is 0 Å². The fourth-order valence-electron chi connectivity index (χ4n) is 1.20. The van der Waals surface area contributed by atoms with Crippen molar-refractivity contribution in [2.75, 3.05) is 6.67 Å². The first-order valence-corrected chi connectivity index (χ1v) is 3.52. The SMILES string of the molecule is FCCC1(C(F)(F)F)OC1C(F)(F)F. The molecule has 14 heavy (non-hydrogen) atoms. The van der Waals surface area contributed by atoms with Crippen LogP contribution in [-0.4, -0.2) is 30.7 Å². The van der Waals surface area contributed by atoms with Crippen LogP contribution >= 0.6 is 0 Å². The second kappa shape index (κ2) is 2.98. The Kier molecular flexibility index (Phi) is 2.46. The van der Waals surface area contributed by atoms with Crippen LogP contribution in [0.1, 0.15) is 6.42 Å². The first-order valence-electron chi connectivity index (χ1n) is 3.52.